The van der Waals surface area contributed by atoms with Crippen LogP contribution in [0.5, 0.6) is 11.5 Å². The summed E-state index contributed by atoms with van der Waals surface area (Å²) in [7, 11) is 3.11. The van der Waals surface area contributed by atoms with Crippen LogP contribution in [0.25, 0.3) is 16.9 Å². The van der Waals surface area contributed by atoms with Crippen molar-refractivity contribution in [2.75, 3.05) is 27.3 Å². The standard InChI is InChI=1S/C22H24N4O4/c1-4-23-20(27)13-24-22(28)18-14-26(15-8-6-5-7-9-15)25-21(18)17-11-10-16(29-2)12-19(17)30-3/h5-12,14H,4,13H2,1-3H3,(H,23,27)(H,24,28). The van der Waals surface area contributed by atoms with E-state index in [1.54, 1.807) is 43.3 Å². The molecule has 2 amide bonds. The van der Waals surface area contributed by atoms with E-state index in [4.69, 9.17) is 9.47 Å². The minimum Gasteiger partial charge on any atom is -0.497 e. The van der Waals surface area contributed by atoms with Crippen molar-refractivity contribution in [2.45, 2.75) is 6.92 Å². The highest BCUT2D eigenvalue weighted by atomic mass is 16.5. The largest absolute Gasteiger partial charge is 0.497 e. The summed E-state index contributed by atoms with van der Waals surface area (Å²) < 4.78 is 12.4. The Morgan fingerprint density at radius 2 is 1.80 bits per heavy atom. The Morgan fingerprint density at radius 3 is 2.47 bits per heavy atom. The number of benzene rings is 2. The van der Waals surface area contributed by atoms with Gasteiger partial charge in [-0.05, 0) is 31.2 Å². The van der Waals surface area contributed by atoms with Crippen LogP contribution in [-0.2, 0) is 4.79 Å². The second kappa shape index (κ2) is 9.60. The van der Waals surface area contributed by atoms with Gasteiger partial charge in [0, 0.05) is 24.4 Å². The van der Waals surface area contributed by atoms with E-state index < -0.39 is 5.91 Å². The van der Waals surface area contributed by atoms with Crippen LogP contribution in [0.4, 0.5) is 0 Å². The molecule has 0 saturated carbocycles. The third-order valence-electron chi connectivity index (χ3n) is 4.43. The lowest BCUT2D eigenvalue weighted by Crippen LogP contribution is -2.36. The molecule has 0 aliphatic rings. The van der Waals surface area contributed by atoms with Crippen molar-refractivity contribution in [3.63, 3.8) is 0 Å². The smallest absolute Gasteiger partial charge is 0.255 e. The van der Waals surface area contributed by atoms with Crippen molar-refractivity contribution in [3.05, 3.63) is 60.3 Å². The molecule has 1 heterocycles. The highest BCUT2D eigenvalue weighted by Gasteiger charge is 2.22. The Bertz CT molecular complexity index is 1030. The number of ether oxygens (including phenoxy) is 2. The number of hydrogen-bond donors (Lipinski definition) is 2. The molecule has 0 aliphatic carbocycles. The summed E-state index contributed by atoms with van der Waals surface area (Å²) in [6.45, 7) is 2.19. The fourth-order valence-corrected chi connectivity index (χ4v) is 2.96. The van der Waals surface area contributed by atoms with E-state index in [2.05, 4.69) is 15.7 Å². The molecule has 0 radical (unpaired) electrons. The van der Waals surface area contributed by atoms with Crippen LogP contribution in [-0.4, -0.2) is 48.9 Å². The minimum absolute atomic E-state index is 0.123. The summed E-state index contributed by atoms with van der Waals surface area (Å²) in [6.07, 6.45) is 1.64. The molecule has 0 bridgehead atoms. The van der Waals surface area contributed by atoms with Crippen LogP contribution < -0.4 is 20.1 Å². The van der Waals surface area contributed by atoms with E-state index in [0.717, 1.165) is 5.69 Å². The number of likely N-dealkylation sites (N-methyl/N-ethyl adjacent to an activating group) is 1. The highest BCUT2D eigenvalue weighted by Crippen LogP contribution is 2.34. The van der Waals surface area contributed by atoms with E-state index in [9.17, 15) is 9.59 Å². The maximum atomic E-state index is 12.9. The second-order valence-electron chi connectivity index (χ2n) is 6.37. The van der Waals surface area contributed by atoms with E-state index in [1.165, 1.54) is 0 Å². The number of hydrogen-bond acceptors (Lipinski definition) is 5. The molecule has 30 heavy (non-hydrogen) atoms. The number of methoxy groups -OCH3 is 2. The minimum atomic E-state index is -0.406. The predicted molar refractivity (Wildman–Crippen MR) is 113 cm³/mol. The van der Waals surface area contributed by atoms with Crippen molar-refractivity contribution >= 4 is 11.8 Å². The average molecular weight is 408 g/mol. The molecule has 1 aromatic heterocycles. The van der Waals surface area contributed by atoms with Gasteiger partial charge in [-0.2, -0.15) is 5.10 Å². The molecule has 156 valence electrons. The molecule has 3 rings (SSSR count). The van der Waals surface area contributed by atoms with E-state index in [1.807, 2.05) is 37.3 Å². The first-order valence-electron chi connectivity index (χ1n) is 9.49. The van der Waals surface area contributed by atoms with Crippen molar-refractivity contribution < 1.29 is 19.1 Å². The number of nitrogens with zero attached hydrogens (tertiary/aromatic N) is 2. The summed E-state index contributed by atoms with van der Waals surface area (Å²) in [6, 6.07) is 14.7. The van der Waals surface area contributed by atoms with Gasteiger partial charge in [0.1, 0.15) is 17.2 Å². The first-order chi connectivity index (χ1) is 14.6. The molecule has 2 N–H and O–H groups in total. The number of carbonyl (C=O) groups excluding carboxylic acids is 2. The molecule has 0 spiro atoms. The predicted octanol–water partition coefficient (Wildman–Crippen LogP) is 2.42. The number of carbonyl (C=O) groups is 2. The fraction of sp³-hybridized carbons (Fsp3) is 0.227. The molecule has 0 saturated heterocycles. The first kappa shape index (κ1) is 20.9. The molecular formula is C22H24N4O4. The molecule has 2 aromatic carbocycles. The zero-order valence-electron chi connectivity index (χ0n) is 17.1. The van der Waals surface area contributed by atoms with Crippen molar-refractivity contribution in [1.82, 2.24) is 20.4 Å². The van der Waals surface area contributed by atoms with Gasteiger partial charge in [0.15, 0.2) is 0 Å². The van der Waals surface area contributed by atoms with Crippen LogP contribution in [0.3, 0.4) is 0 Å². The van der Waals surface area contributed by atoms with Crippen LogP contribution >= 0.6 is 0 Å². The molecule has 8 heteroatoms. The Labute approximate surface area is 174 Å². The summed E-state index contributed by atoms with van der Waals surface area (Å²) in [5, 5.41) is 9.93. The highest BCUT2D eigenvalue weighted by molar-refractivity contribution is 6.02. The Balaban J connectivity index is 2.04. The average Bonchev–Trinajstić information content (AvgIpc) is 3.23. The lowest BCUT2D eigenvalue weighted by Gasteiger charge is -2.10. The number of rotatable bonds is 8. The zero-order chi connectivity index (χ0) is 21.5. The van der Waals surface area contributed by atoms with Gasteiger partial charge in [-0.3, -0.25) is 9.59 Å². The number of amides is 2. The summed E-state index contributed by atoms with van der Waals surface area (Å²) in [5.41, 5.74) is 2.20. The van der Waals surface area contributed by atoms with Crippen LogP contribution in [0.1, 0.15) is 17.3 Å². The van der Waals surface area contributed by atoms with Gasteiger partial charge in [-0.15, -0.1) is 0 Å². The fourth-order valence-electron chi connectivity index (χ4n) is 2.96. The molecule has 0 fully saturated rings. The van der Waals surface area contributed by atoms with E-state index in [-0.39, 0.29) is 12.5 Å². The topological polar surface area (TPSA) is 94.5 Å². The Kier molecular flexibility index (Phi) is 6.69. The van der Waals surface area contributed by atoms with Gasteiger partial charge < -0.3 is 20.1 Å². The van der Waals surface area contributed by atoms with Crippen LogP contribution in [0.15, 0.2) is 54.7 Å². The quantitative estimate of drug-likeness (QED) is 0.597. The van der Waals surface area contributed by atoms with E-state index >= 15 is 0 Å². The normalized spacial score (nSPS) is 10.4. The second-order valence-corrected chi connectivity index (χ2v) is 6.37. The van der Waals surface area contributed by atoms with Crippen LogP contribution in [0.2, 0.25) is 0 Å². The lowest BCUT2D eigenvalue weighted by molar-refractivity contribution is -0.120. The van der Waals surface area contributed by atoms with Gasteiger partial charge in [-0.25, -0.2) is 4.68 Å². The third kappa shape index (κ3) is 4.60. The maximum Gasteiger partial charge on any atom is 0.255 e. The maximum absolute atomic E-state index is 12.9. The molecule has 0 unspecified atom stereocenters. The van der Waals surface area contributed by atoms with Gasteiger partial charge >= 0.3 is 0 Å². The van der Waals surface area contributed by atoms with Crippen molar-refractivity contribution in [1.29, 1.82) is 0 Å². The van der Waals surface area contributed by atoms with Gasteiger partial charge in [0.05, 0.1) is 32.0 Å². The van der Waals surface area contributed by atoms with Crippen molar-refractivity contribution in [3.8, 4) is 28.4 Å². The Hall–Kier alpha value is -3.81. The zero-order valence-corrected chi connectivity index (χ0v) is 17.1. The van der Waals surface area contributed by atoms with Crippen molar-refractivity contribution in [2.24, 2.45) is 0 Å². The molecular weight excluding hydrogens is 384 g/mol. The molecule has 0 atom stereocenters. The monoisotopic (exact) mass is 408 g/mol. The number of nitrogens with one attached hydrogen (secondary N) is 2. The lowest BCUT2D eigenvalue weighted by atomic mass is 10.1. The molecule has 0 aliphatic heterocycles. The van der Waals surface area contributed by atoms with Crippen LogP contribution in [0, 0.1) is 0 Å². The van der Waals surface area contributed by atoms with Gasteiger partial charge in [-0.1, -0.05) is 18.2 Å². The van der Waals surface area contributed by atoms with E-state index in [0.29, 0.717) is 34.9 Å². The molecule has 3 aromatic rings. The third-order valence-corrected chi connectivity index (χ3v) is 4.43. The Morgan fingerprint density at radius 1 is 1.03 bits per heavy atom. The van der Waals surface area contributed by atoms with Gasteiger partial charge in [0.25, 0.3) is 5.91 Å². The summed E-state index contributed by atoms with van der Waals surface area (Å²) in [4.78, 5) is 24.7. The SMILES string of the molecule is CCNC(=O)CNC(=O)c1cn(-c2ccccc2)nc1-c1ccc(OC)cc1OC. The van der Waals surface area contributed by atoms with Gasteiger partial charge in [0.2, 0.25) is 5.91 Å². The first-order valence-corrected chi connectivity index (χ1v) is 9.49. The summed E-state index contributed by atoms with van der Waals surface area (Å²) >= 11 is 0. The number of aromatic nitrogens is 2. The molecule has 8 nitrogen and oxygen atoms in total. The summed E-state index contributed by atoms with van der Waals surface area (Å²) in [5.74, 6) is 0.479. The number of para-hydroxylation sites is 1.